The number of nitrogens with one attached hydrogen (secondary N) is 1. The van der Waals surface area contributed by atoms with Gasteiger partial charge in [0.1, 0.15) is 5.82 Å². The number of esters is 1. The number of carbonyl (C=O) groups is 1. The third kappa shape index (κ3) is 1.92. The highest BCUT2D eigenvalue weighted by Crippen LogP contribution is 2.42. The molecule has 0 fully saturated rings. The van der Waals surface area contributed by atoms with Gasteiger partial charge in [0.15, 0.2) is 0 Å². The molecule has 4 nitrogen and oxygen atoms in total. The number of fused-ring (bicyclic) bond motifs is 1. The molecule has 0 aliphatic rings. The molecule has 0 saturated heterocycles. The molecule has 0 bridgehead atoms. The molecule has 1 aromatic carbocycles. The molecule has 0 spiro atoms. The summed E-state index contributed by atoms with van der Waals surface area (Å²) in [6, 6.07) is 3.02. The molecular formula is C12H9F4NO3. The van der Waals surface area contributed by atoms with Gasteiger partial charge in [-0.15, -0.1) is 0 Å². The van der Waals surface area contributed by atoms with Crippen molar-refractivity contribution in [2.75, 3.05) is 7.11 Å². The second-order valence-corrected chi connectivity index (χ2v) is 4.09. The highest BCUT2D eigenvalue weighted by atomic mass is 19.4. The number of benzene rings is 1. The number of alkyl halides is 3. The Kier molecular flexibility index (Phi) is 3.21. The van der Waals surface area contributed by atoms with E-state index in [2.05, 4.69) is 9.72 Å². The summed E-state index contributed by atoms with van der Waals surface area (Å²) in [6.45, 7) is 0. The van der Waals surface area contributed by atoms with Crippen molar-refractivity contribution in [3.8, 4) is 0 Å². The minimum absolute atomic E-state index is 0.146. The Labute approximate surface area is 110 Å². The van der Waals surface area contributed by atoms with Crippen LogP contribution in [0.15, 0.2) is 24.4 Å². The van der Waals surface area contributed by atoms with E-state index < -0.39 is 29.1 Å². The molecule has 0 unspecified atom stereocenters. The molecule has 1 atom stereocenters. The van der Waals surface area contributed by atoms with Gasteiger partial charge in [-0.1, -0.05) is 0 Å². The Balaban J connectivity index is 2.76. The monoisotopic (exact) mass is 291 g/mol. The van der Waals surface area contributed by atoms with Crippen molar-refractivity contribution in [1.82, 2.24) is 4.98 Å². The zero-order valence-corrected chi connectivity index (χ0v) is 10.1. The number of halogens is 4. The molecular weight excluding hydrogens is 282 g/mol. The molecule has 0 aliphatic carbocycles. The average molecular weight is 291 g/mol. The number of ether oxygens (including phenoxy) is 1. The smallest absolute Gasteiger partial charge is 0.432 e. The maximum absolute atomic E-state index is 13.2. The number of aliphatic hydroxyl groups is 1. The van der Waals surface area contributed by atoms with Crippen LogP contribution in [0.2, 0.25) is 0 Å². The first-order chi connectivity index (χ1) is 9.21. The average Bonchev–Trinajstić information content (AvgIpc) is 2.78. The SMILES string of the molecule is COC(=O)[C@@](O)(c1c[nH]c2ccc(F)cc12)C(F)(F)F. The first-order valence-corrected chi connectivity index (χ1v) is 5.36. The molecule has 0 saturated carbocycles. The summed E-state index contributed by atoms with van der Waals surface area (Å²) >= 11 is 0. The van der Waals surface area contributed by atoms with Crippen molar-refractivity contribution in [2.45, 2.75) is 11.8 Å². The van der Waals surface area contributed by atoms with Gasteiger partial charge < -0.3 is 14.8 Å². The molecule has 1 heterocycles. The Bertz CT molecular complexity index is 664. The van der Waals surface area contributed by atoms with Gasteiger partial charge in [0.05, 0.1) is 7.11 Å². The van der Waals surface area contributed by atoms with E-state index in [0.29, 0.717) is 7.11 Å². The maximum atomic E-state index is 13.2. The Morgan fingerprint density at radius 1 is 1.35 bits per heavy atom. The van der Waals surface area contributed by atoms with Crippen molar-refractivity contribution in [3.63, 3.8) is 0 Å². The van der Waals surface area contributed by atoms with E-state index in [-0.39, 0.29) is 10.9 Å². The van der Waals surface area contributed by atoms with Gasteiger partial charge in [0, 0.05) is 22.7 Å². The molecule has 2 rings (SSSR count). The highest BCUT2D eigenvalue weighted by molar-refractivity contribution is 5.92. The fourth-order valence-corrected chi connectivity index (χ4v) is 1.92. The lowest BCUT2D eigenvalue weighted by molar-refractivity contribution is -0.266. The molecule has 8 heteroatoms. The second kappa shape index (κ2) is 4.48. The predicted molar refractivity (Wildman–Crippen MR) is 60.2 cm³/mol. The minimum atomic E-state index is -5.32. The van der Waals surface area contributed by atoms with E-state index in [1.807, 2.05) is 0 Å². The Hall–Kier alpha value is -2.09. The number of aromatic nitrogens is 1. The fraction of sp³-hybridized carbons (Fsp3) is 0.250. The maximum Gasteiger partial charge on any atom is 0.432 e. The van der Waals surface area contributed by atoms with Crippen molar-refractivity contribution >= 4 is 16.9 Å². The molecule has 2 aromatic rings. The number of H-pyrrole nitrogens is 1. The van der Waals surface area contributed by atoms with Crippen LogP contribution in [0.4, 0.5) is 17.6 Å². The van der Waals surface area contributed by atoms with Crippen LogP contribution in [-0.2, 0) is 15.1 Å². The molecule has 0 radical (unpaired) electrons. The first kappa shape index (κ1) is 14.3. The normalized spacial score (nSPS) is 15.1. The number of methoxy groups -OCH3 is 1. The Morgan fingerprint density at radius 2 is 2.00 bits per heavy atom. The van der Waals surface area contributed by atoms with Crippen LogP contribution in [0, 0.1) is 5.82 Å². The van der Waals surface area contributed by atoms with Crippen LogP contribution >= 0.6 is 0 Å². The van der Waals surface area contributed by atoms with Gasteiger partial charge in [-0.3, -0.25) is 0 Å². The molecule has 108 valence electrons. The molecule has 0 amide bonds. The number of rotatable bonds is 2. The van der Waals surface area contributed by atoms with E-state index in [0.717, 1.165) is 18.3 Å². The lowest BCUT2D eigenvalue weighted by atomic mass is 9.92. The highest BCUT2D eigenvalue weighted by Gasteiger charge is 2.63. The summed E-state index contributed by atoms with van der Waals surface area (Å²) in [6.07, 6.45) is -4.52. The summed E-state index contributed by atoms with van der Waals surface area (Å²) in [5, 5.41) is 9.57. The van der Waals surface area contributed by atoms with Crippen LogP contribution in [0.5, 0.6) is 0 Å². The van der Waals surface area contributed by atoms with Crippen molar-refractivity contribution < 1.29 is 32.2 Å². The number of carbonyl (C=O) groups excluding carboxylic acids is 1. The summed E-state index contributed by atoms with van der Waals surface area (Å²) < 4.78 is 56.4. The van der Waals surface area contributed by atoms with Crippen LogP contribution in [0.1, 0.15) is 5.56 Å². The third-order valence-corrected chi connectivity index (χ3v) is 2.92. The van der Waals surface area contributed by atoms with E-state index in [1.54, 1.807) is 0 Å². The quantitative estimate of drug-likeness (QED) is 0.659. The zero-order valence-electron chi connectivity index (χ0n) is 10.1. The predicted octanol–water partition coefficient (Wildman–Crippen LogP) is 2.23. The van der Waals surface area contributed by atoms with Gasteiger partial charge in [0.25, 0.3) is 5.60 Å². The van der Waals surface area contributed by atoms with E-state index in [9.17, 15) is 27.5 Å². The van der Waals surface area contributed by atoms with Crippen molar-refractivity contribution in [1.29, 1.82) is 0 Å². The molecule has 1 aromatic heterocycles. The summed E-state index contributed by atoms with van der Waals surface area (Å²) in [5.41, 5.74) is -4.53. The van der Waals surface area contributed by atoms with E-state index >= 15 is 0 Å². The number of hydrogen-bond acceptors (Lipinski definition) is 3. The van der Waals surface area contributed by atoms with Crippen LogP contribution < -0.4 is 0 Å². The summed E-state index contributed by atoms with van der Waals surface area (Å²) in [5.74, 6) is -2.69. The third-order valence-electron chi connectivity index (χ3n) is 2.92. The summed E-state index contributed by atoms with van der Waals surface area (Å²) in [7, 11) is 0.717. The Morgan fingerprint density at radius 3 is 2.55 bits per heavy atom. The number of aromatic amines is 1. The van der Waals surface area contributed by atoms with Crippen molar-refractivity contribution in [2.24, 2.45) is 0 Å². The molecule has 0 aliphatic heterocycles. The summed E-state index contributed by atoms with van der Waals surface area (Å²) in [4.78, 5) is 13.8. The number of hydrogen-bond donors (Lipinski definition) is 2. The van der Waals surface area contributed by atoms with Crippen molar-refractivity contribution in [3.05, 3.63) is 35.8 Å². The van der Waals surface area contributed by atoms with Crippen LogP contribution in [0.25, 0.3) is 10.9 Å². The van der Waals surface area contributed by atoms with E-state index in [1.165, 1.54) is 6.07 Å². The second-order valence-electron chi connectivity index (χ2n) is 4.09. The topological polar surface area (TPSA) is 62.3 Å². The largest absolute Gasteiger partial charge is 0.466 e. The fourth-order valence-electron chi connectivity index (χ4n) is 1.92. The molecule has 20 heavy (non-hydrogen) atoms. The lowest BCUT2D eigenvalue weighted by Crippen LogP contribution is -2.49. The van der Waals surface area contributed by atoms with Gasteiger partial charge >= 0.3 is 12.1 Å². The first-order valence-electron chi connectivity index (χ1n) is 5.36. The standard InChI is InChI=1S/C12H9F4NO3/c1-20-10(18)11(19,12(14,15)16)8-5-17-9-3-2-6(13)4-7(8)9/h2-5,17,19H,1H3/t11-/m0/s1. The lowest BCUT2D eigenvalue weighted by Gasteiger charge is -2.27. The van der Waals surface area contributed by atoms with Gasteiger partial charge in [0.2, 0.25) is 0 Å². The minimum Gasteiger partial charge on any atom is -0.466 e. The molecule has 2 N–H and O–H groups in total. The van der Waals surface area contributed by atoms with Crippen LogP contribution in [-0.4, -0.2) is 29.3 Å². The van der Waals surface area contributed by atoms with Crippen LogP contribution in [0.3, 0.4) is 0 Å². The zero-order chi connectivity index (χ0) is 15.1. The van der Waals surface area contributed by atoms with Gasteiger partial charge in [-0.05, 0) is 18.2 Å². The van der Waals surface area contributed by atoms with Gasteiger partial charge in [-0.25, -0.2) is 9.18 Å². The van der Waals surface area contributed by atoms with E-state index in [4.69, 9.17) is 0 Å². The van der Waals surface area contributed by atoms with Gasteiger partial charge in [-0.2, -0.15) is 13.2 Å².